The SMILES string of the molecule is CCCn1ccnc1NC1CC1. The summed E-state index contributed by atoms with van der Waals surface area (Å²) in [5.41, 5.74) is 0. The van der Waals surface area contributed by atoms with Crippen LogP contribution in [0.25, 0.3) is 0 Å². The van der Waals surface area contributed by atoms with Crippen molar-refractivity contribution in [2.75, 3.05) is 5.32 Å². The van der Waals surface area contributed by atoms with Gasteiger partial charge in [0.25, 0.3) is 0 Å². The summed E-state index contributed by atoms with van der Waals surface area (Å²) in [6.07, 6.45) is 7.67. The van der Waals surface area contributed by atoms with Crippen LogP contribution in [0, 0.1) is 0 Å². The predicted octanol–water partition coefficient (Wildman–Crippen LogP) is 1.87. The summed E-state index contributed by atoms with van der Waals surface area (Å²) in [6.45, 7) is 3.25. The fraction of sp³-hybridized carbons (Fsp3) is 0.667. The molecule has 1 N–H and O–H groups in total. The van der Waals surface area contributed by atoms with Crippen LogP contribution in [0.2, 0.25) is 0 Å². The maximum absolute atomic E-state index is 4.27. The molecule has 0 spiro atoms. The highest BCUT2D eigenvalue weighted by Crippen LogP contribution is 2.23. The molecule has 0 saturated heterocycles. The molecule has 0 aromatic carbocycles. The van der Waals surface area contributed by atoms with Crippen molar-refractivity contribution in [2.45, 2.75) is 38.8 Å². The van der Waals surface area contributed by atoms with E-state index in [1.54, 1.807) is 0 Å². The van der Waals surface area contributed by atoms with Crippen LogP contribution in [0.4, 0.5) is 5.95 Å². The van der Waals surface area contributed by atoms with Crippen LogP contribution in [0.5, 0.6) is 0 Å². The molecule has 0 amide bonds. The van der Waals surface area contributed by atoms with Crippen LogP contribution in [-0.2, 0) is 6.54 Å². The van der Waals surface area contributed by atoms with Crippen LogP contribution >= 0.6 is 0 Å². The maximum atomic E-state index is 4.27. The van der Waals surface area contributed by atoms with Crippen molar-refractivity contribution >= 4 is 5.95 Å². The zero-order valence-corrected chi connectivity index (χ0v) is 7.45. The van der Waals surface area contributed by atoms with Crippen molar-refractivity contribution < 1.29 is 0 Å². The lowest BCUT2D eigenvalue weighted by molar-refractivity contribution is 0.682. The average Bonchev–Trinajstić information content (AvgIpc) is 2.76. The Hall–Kier alpha value is -0.990. The minimum Gasteiger partial charge on any atom is -0.353 e. The highest BCUT2D eigenvalue weighted by Gasteiger charge is 2.22. The first-order valence-corrected chi connectivity index (χ1v) is 4.68. The third-order valence-electron chi connectivity index (χ3n) is 2.09. The Morgan fingerprint density at radius 1 is 1.67 bits per heavy atom. The number of nitrogens with zero attached hydrogens (tertiary/aromatic N) is 2. The molecule has 1 heterocycles. The van der Waals surface area contributed by atoms with Crippen LogP contribution in [0.1, 0.15) is 26.2 Å². The third-order valence-corrected chi connectivity index (χ3v) is 2.09. The van der Waals surface area contributed by atoms with E-state index in [-0.39, 0.29) is 0 Å². The van der Waals surface area contributed by atoms with Crippen LogP contribution in [0.15, 0.2) is 12.4 Å². The molecule has 1 aromatic rings. The number of nitrogens with one attached hydrogen (secondary N) is 1. The molecular weight excluding hydrogens is 150 g/mol. The van der Waals surface area contributed by atoms with E-state index in [1.807, 2.05) is 12.4 Å². The number of aromatic nitrogens is 2. The molecule has 3 heteroatoms. The van der Waals surface area contributed by atoms with Crippen molar-refractivity contribution in [3.8, 4) is 0 Å². The van der Waals surface area contributed by atoms with Crippen molar-refractivity contribution in [3.63, 3.8) is 0 Å². The van der Waals surface area contributed by atoms with Gasteiger partial charge in [-0.05, 0) is 19.3 Å². The van der Waals surface area contributed by atoms with E-state index in [0.29, 0.717) is 6.04 Å². The fourth-order valence-electron chi connectivity index (χ4n) is 1.28. The molecule has 0 radical (unpaired) electrons. The lowest BCUT2D eigenvalue weighted by Crippen LogP contribution is -2.08. The molecule has 0 bridgehead atoms. The smallest absolute Gasteiger partial charge is 0.202 e. The van der Waals surface area contributed by atoms with Gasteiger partial charge in [0.2, 0.25) is 5.95 Å². The Balaban J connectivity index is 2.01. The van der Waals surface area contributed by atoms with Crippen LogP contribution < -0.4 is 5.32 Å². The molecule has 12 heavy (non-hydrogen) atoms. The third kappa shape index (κ3) is 1.60. The zero-order chi connectivity index (χ0) is 8.39. The normalized spacial score (nSPS) is 16.4. The van der Waals surface area contributed by atoms with E-state index in [9.17, 15) is 0 Å². The monoisotopic (exact) mass is 165 g/mol. The Labute approximate surface area is 72.8 Å². The second-order valence-electron chi connectivity index (χ2n) is 3.36. The lowest BCUT2D eigenvalue weighted by atomic mass is 10.5. The molecule has 2 rings (SSSR count). The molecule has 66 valence electrons. The second kappa shape index (κ2) is 3.17. The maximum Gasteiger partial charge on any atom is 0.202 e. The fourth-order valence-corrected chi connectivity index (χ4v) is 1.28. The Kier molecular flexibility index (Phi) is 2.02. The van der Waals surface area contributed by atoms with Gasteiger partial charge in [-0.3, -0.25) is 0 Å². The second-order valence-corrected chi connectivity index (χ2v) is 3.36. The van der Waals surface area contributed by atoms with Gasteiger partial charge in [-0.25, -0.2) is 4.98 Å². The number of hydrogen-bond acceptors (Lipinski definition) is 2. The van der Waals surface area contributed by atoms with Gasteiger partial charge in [-0.1, -0.05) is 6.92 Å². The van der Waals surface area contributed by atoms with E-state index in [1.165, 1.54) is 12.8 Å². The summed E-state index contributed by atoms with van der Waals surface area (Å²) in [5.74, 6) is 1.04. The predicted molar refractivity (Wildman–Crippen MR) is 49.2 cm³/mol. The Bertz CT molecular complexity index is 250. The number of anilines is 1. The largest absolute Gasteiger partial charge is 0.353 e. The highest BCUT2D eigenvalue weighted by molar-refractivity contribution is 5.29. The lowest BCUT2D eigenvalue weighted by Gasteiger charge is -2.06. The molecule has 1 aliphatic carbocycles. The van der Waals surface area contributed by atoms with Gasteiger partial charge < -0.3 is 9.88 Å². The number of hydrogen-bond donors (Lipinski definition) is 1. The summed E-state index contributed by atoms with van der Waals surface area (Å²) in [4.78, 5) is 4.27. The van der Waals surface area contributed by atoms with Crippen molar-refractivity contribution in [2.24, 2.45) is 0 Å². The van der Waals surface area contributed by atoms with Gasteiger partial charge in [0, 0.05) is 25.0 Å². The van der Waals surface area contributed by atoms with Gasteiger partial charge >= 0.3 is 0 Å². The molecule has 0 unspecified atom stereocenters. The van der Waals surface area contributed by atoms with Crippen LogP contribution in [-0.4, -0.2) is 15.6 Å². The molecule has 0 aliphatic heterocycles. The zero-order valence-electron chi connectivity index (χ0n) is 7.45. The minimum atomic E-state index is 0.697. The number of rotatable bonds is 4. The standard InChI is InChI=1S/C9H15N3/c1-2-6-12-7-5-10-9(12)11-8-3-4-8/h5,7-8H,2-4,6H2,1H3,(H,10,11). The summed E-state index contributed by atoms with van der Waals surface area (Å²) >= 11 is 0. The average molecular weight is 165 g/mol. The molecule has 3 nitrogen and oxygen atoms in total. The minimum absolute atomic E-state index is 0.697. The van der Waals surface area contributed by atoms with E-state index < -0.39 is 0 Å². The van der Waals surface area contributed by atoms with E-state index in [0.717, 1.165) is 18.9 Å². The highest BCUT2D eigenvalue weighted by atomic mass is 15.2. The summed E-state index contributed by atoms with van der Waals surface area (Å²) in [5, 5.41) is 3.40. The summed E-state index contributed by atoms with van der Waals surface area (Å²) in [7, 11) is 0. The van der Waals surface area contributed by atoms with Gasteiger partial charge in [0.1, 0.15) is 0 Å². The van der Waals surface area contributed by atoms with E-state index >= 15 is 0 Å². The van der Waals surface area contributed by atoms with Gasteiger partial charge in [-0.15, -0.1) is 0 Å². The van der Waals surface area contributed by atoms with Crippen molar-refractivity contribution in [3.05, 3.63) is 12.4 Å². The molecule has 1 saturated carbocycles. The topological polar surface area (TPSA) is 29.9 Å². The summed E-state index contributed by atoms with van der Waals surface area (Å²) < 4.78 is 2.18. The first-order chi connectivity index (χ1) is 5.90. The Morgan fingerprint density at radius 3 is 3.17 bits per heavy atom. The summed E-state index contributed by atoms with van der Waals surface area (Å²) in [6, 6.07) is 0.697. The van der Waals surface area contributed by atoms with E-state index in [4.69, 9.17) is 0 Å². The quantitative estimate of drug-likeness (QED) is 0.738. The molecule has 1 aromatic heterocycles. The number of imidazole rings is 1. The van der Waals surface area contributed by atoms with Crippen molar-refractivity contribution in [1.82, 2.24) is 9.55 Å². The first-order valence-electron chi connectivity index (χ1n) is 4.68. The molecule has 1 aliphatic rings. The van der Waals surface area contributed by atoms with Gasteiger partial charge in [0.15, 0.2) is 0 Å². The molecular formula is C9H15N3. The van der Waals surface area contributed by atoms with Gasteiger partial charge in [0.05, 0.1) is 0 Å². The first kappa shape index (κ1) is 7.65. The van der Waals surface area contributed by atoms with E-state index in [2.05, 4.69) is 21.8 Å². The van der Waals surface area contributed by atoms with Crippen LogP contribution in [0.3, 0.4) is 0 Å². The van der Waals surface area contributed by atoms with Gasteiger partial charge in [-0.2, -0.15) is 0 Å². The van der Waals surface area contributed by atoms with Crippen molar-refractivity contribution in [1.29, 1.82) is 0 Å². The Morgan fingerprint density at radius 2 is 2.50 bits per heavy atom. The number of aryl methyl sites for hydroxylation is 1. The molecule has 1 fully saturated rings. The molecule has 0 atom stereocenters.